The van der Waals surface area contributed by atoms with Gasteiger partial charge in [-0.25, -0.2) is 4.79 Å². The molecule has 0 bridgehead atoms. The first-order chi connectivity index (χ1) is 7.33. The third-order valence-corrected chi connectivity index (χ3v) is 3.27. The molecule has 1 atom stereocenters. The van der Waals surface area contributed by atoms with Gasteiger partial charge in [0.25, 0.3) is 0 Å². The van der Waals surface area contributed by atoms with Gasteiger partial charge in [0, 0.05) is 19.6 Å². The minimum atomic E-state index is -0.188. The Hall–Kier alpha value is -1.24. The minimum absolute atomic E-state index is 0.0822. The molecule has 15 heavy (non-hydrogen) atoms. The molecule has 2 heterocycles. The van der Waals surface area contributed by atoms with Gasteiger partial charge in [-0.1, -0.05) is 0 Å². The van der Waals surface area contributed by atoms with E-state index in [1.165, 1.54) is 0 Å². The second-order valence-corrected chi connectivity index (χ2v) is 4.31. The summed E-state index contributed by atoms with van der Waals surface area (Å²) in [5.41, 5.74) is 0. The molecule has 0 aromatic carbocycles. The predicted molar refractivity (Wildman–Crippen MR) is 56.2 cm³/mol. The minimum Gasteiger partial charge on any atom is -0.325 e. The molecule has 2 saturated heterocycles. The van der Waals surface area contributed by atoms with Crippen LogP contribution in [0.15, 0.2) is 0 Å². The van der Waals surface area contributed by atoms with Crippen molar-refractivity contribution in [3.05, 3.63) is 0 Å². The van der Waals surface area contributed by atoms with Gasteiger partial charge in [-0.3, -0.25) is 0 Å². The number of carbonyl (C=O) groups excluding carboxylic acids is 1. The Morgan fingerprint density at radius 3 is 2.47 bits per heavy atom. The summed E-state index contributed by atoms with van der Waals surface area (Å²) < 4.78 is 0. The topological polar surface area (TPSA) is 47.3 Å². The number of hydrogen-bond acceptors (Lipinski definition) is 2. The number of piperidine rings is 1. The molecule has 1 unspecified atom stereocenters. The van der Waals surface area contributed by atoms with Crippen molar-refractivity contribution in [3.63, 3.8) is 0 Å². The van der Waals surface area contributed by atoms with Gasteiger partial charge in [-0.05, 0) is 32.1 Å². The molecule has 0 aromatic rings. The Balaban J connectivity index is 2.00. The molecule has 2 aliphatic rings. The Morgan fingerprint density at radius 2 is 1.80 bits per heavy atom. The van der Waals surface area contributed by atoms with Crippen LogP contribution < -0.4 is 0 Å². The lowest BCUT2D eigenvalue weighted by Crippen LogP contribution is -2.49. The smallest absolute Gasteiger partial charge is 0.321 e. The van der Waals surface area contributed by atoms with E-state index in [4.69, 9.17) is 5.26 Å². The van der Waals surface area contributed by atoms with Crippen LogP contribution in [-0.4, -0.2) is 41.5 Å². The largest absolute Gasteiger partial charge is 0.325 e. The van der Waals surface area contributed by atoms with Crippen molar-refractivity contribution in [2.45, 2.75) is 38.1 Å². The van der Waals surface area contributed by atoms with Gasteiger partial charge in [0.15, 0.2) is 0 Å². The van der Waals surface area contributed by atoms with Crippen molar-refractivity contribution in [1.29, 1.82) is 5.26 Å². The lowest BCUT2D eigenvalue weighted by Gasteiger charge is -2.34. The molecule has 0 aliphatic carbocycles. The number of rotatable bonds is 0. The predicted octanol–water partition coefficient (Wildman–Crippen LogP) is 1.58. The molecule has 2 rings (SSSR count). The second-order valence-electron chi connectivity index (χ2n) is 4.31. The average Bonchev–Trinajstić information content (AvgIpc) is 2.81. The van der Waals surface area contributed by atoms with Gasteiger partial charge in [-0.15, -0.1) is 0 Å². The maximum absolute atomic E-state index is 12.1. The van der Waals surface area contributed by atoms with Gasteiger partial charge < -0.3 is 9.80 Å². The van der Waals surface area contributed by atoms with Gasteiger partial charge in [0.1, 0.15) is 6.04 Å². The van der Waals surface area contributed by atoms with Crippen LogP contribution in [0.4, 0.5) is 4.79 Å². The number of likely N-dealkylation sites (tertiary alicyclic amines) is 2. The first kappa shape index (κ1) is 10.3. The van der Waals surface area contributed by atoms with Crippen LogP contribution >= 0.6 is 0 Å². The first-order valence-electron chi connectivity index (χ1n) is 5.78. The van der Waals surface area contributed by atoms with Crippen LogP contribution in [-0.2, 0) is 0 Å². The molecule has 0 radical (unpaired) electrons. The zero-order valence-corrected chi connectivity index (χ0v) is 8.98. The van der Waals surface area contributed by atoms with E-state index in [-0.39, 0.29) is 12.1 Å². The summed E-state index contributed by atoms with van der Waals surface area (Å²) in [6.45, 7) is 2.49. The van der Waals surface area contributed by atoms with Crippen LogP contribution in [0.3, 0.4) is 0 Å². The summed E-state index contributed by atoms with van der Waals surface area (Å²) in [6.07, 6.45) is 5.17. The highest BCUT2D eigenvalue weighted by molar-refractivity contribution is 5.75. The third-order valence-electron chi connectivity index (χ3n) is 3.27. The number of carbonyl (C=O) groups is 1. The van der Waals surface area contributed by atoms with E-state index >= 15 is 0 Å². The SMILES string of the molecule is N#CC1CCCCN1C(=O)N1CCCC1. The third kappa shape index (κ3) is 2.06. The Bertz CT molecular complexity index is 278. The van der Waals surface area contributed by atoms with Crippen molar-refractivity contribution in [2.75, 3.05) is 19.6 Å². The van der Waals surface area contributed by atoms with E-state index in [1.54, 1.807) is 4.90 Å². The number of hydrogen-bond donors (Lipinski definition) is 0. The molecule has 2 fully saturated rings. The summed E-state index contributed by atoms with van der Waals surface area (Å²) >= 11 is 0. The van der Waals surface area contributed by atoms with Crippen molar-refractivity contribution in [3.8, 4) is 6.07 Å². The van der Waals surface area contributed by atoms with E-state index in [0.717, 1.165) is 51.7 Å². The number of urea groups is 1. The molecule has 2 aliphatic heterocycles. The molecule has 4 nitrogen and oxygen atoms in total. The maximum atomic E-state index is 12.1. The molecule has 0 spiro atoms. The van der Waals surface area contributed by atoms with E-state index < -0.39 is 0 Å². The van der Waals surface area contributed by atoms with Crippen molar-refractivity contribution in [2.24, 2.45) is 0 Å². The zero-order valence-electron chi connectivity index (χ0n) is 8.98. The zero-order chi connectivity index (χ0) is 10.7. The monoisotopic (exact) mass is 207 g/mol. The van der Waals surface area contributed by atoms with Crippen LogP contribution in [0, 0.1) is 11.3 Å². The highest BCUT2D eigenvalue weighted by atomic mass is 16.2. The van der Waals surface area contributed by atoms with Gasteiger partial charge in [0.05, 0.1) is 6.07 Å². The lowest BCUT2D eigenvalue weighted by molar-refractivity contribution is 0.138. The molecule has 82 valence electrons. The number of amides is 2. The highest BCUT2D eigenvalue weighted by Gasteiger charge is 2.30. The standard InChI is InChI=1S/C11H17N3O/c12-9-10-5-1-2-8-14(10)11(15)13-6-3-4-7-13/h10H,1-8H2. The summed E-state index contributed by atoms with van der Waals surface area (Å²) in [5.74, 6) is 0. The molecule has 2 amide bonds. The summed E-state index contributed by atoms with van der Waals surface area (Å²) in [5, 5.41) is 8.99. The highest BCUT2D eigenvalue weighted by Crippen LogP contribution is 2.20. The normalized spacial score (nSPS) is 26.5. The van der Waals surface area contributed by atoms with Gasteiger partial charge in [-0.2, -0.15) is 5.26 Å². The molecular weight excluding hydrogens is 190 g/mol. The molecule has 0 N–H and O–H groups in total. The van der Waals surface area contributed by atoms with Crippen LogP contribution in [0.5, 0.6) is 0 Å². The maximum Gasteiger partial charge on any atom is 0.321 e. The van der Waals surface area contributed by atoms with Crippen molar-refractivity contribution >= 4 is 6.03 Å². The van der Waals surface area contributed by atoms with E-state index in [0.29, 0.717) is 0 Å². The fourth-order valence-corrected chi connectivity index (χ4v) is 2.38. The second kappa shape index (κ2) is 4.52. The average molecular weight is 207 g/mol. The summed E-state index contributed by atoms with van der Waals surface area (Å²) in [7, 11) is 0. The molecule has 4 heteroatoms. The van der Waals surface area contributed by atoms with Crippen molar-refractivity contribution in [1.82, 2.24) is 9.80 Å². The molecule has 0 aromatic heterocycles. The summed E-state index contributed by atoms with van der Waals surface area (Å²) in [6, 6.07) is 2.13. The lowest BCUT2D eigenvalue weighted by atomic mass is 10.0. The van der Waals surface area contributed by atoms with Crippen molar-refractivity contribution < 1.29 is 4.79 Å². The molecular formula is C11H17N3O. The molecule has 0 saturated carbocycles. The summed E-state index contributed by atoms with van der Waals surface area (Å²) in [4.78, 5) is 15.7. The first-order valence-corrected chi connectivity index (χ1v) is 5.78. The van der Waals surface area contributed by atoms with E-state index in [2.05, 4.69) is 6.07 Å². The van der Waals surface area contributed by atoms with Crippen LogP contribution in [0.1, 0.15) is 32.1 Å². The van der Waals surface area contributed by atoms with E-state index in [1.807, 2.05) is 4.90 Å². The Labute approximate surface area is 90.5 Å². The van der Waals surface area contributed by atoms with Crippen LogP contribution in [0.2, 0.25) is 0 Å². The Kier molecular flexibility index (Phi) is 3.10. The quantitative estimate of drug-likeness (QED) is 0.605. The number of nitriles is 1. The Morgan fingerprint density at radius 1 is 1.13 bits per heavy atom. The van der Waals surface area contributed by atoms with E-state index in [9.17, 15) is 4.79 Å². The number of nitrogens with zero attached hydrogens (tertiary/aromatic N) is 3. The van der Waals surface area contributed by atoms with Gasteiger partial charge >= 0.3 is 6.03 Å². The fourth-order valence-electron chi connectivity index (χ4n) is 2.38. The van der Waals surface area contributed by atoms with Crippen LogP contribution in [0.25, 0.3) is 0 Å². The fraction of sp³-hybridized carbons (Fsp3) is 0.818. The van der Waals surface area contributed by atoms with Gasteiger partial charge in [0.2, 0.25) is 0 Å².